The molecule has 144 valence electrons. The van der Waals surface area contributed by atoms with Gasteiger partial charge in [0.05, 0.1) is 6.61 Å². The van der Waals surface area contributed by atoms with Gasteiger partial charge in [0, 0.05) is 25.9 Å². The Hall–Kier alpha value is -0.890. The molecule has 8 heteroatoms. The van der Waals surface area contributed by atoms with E-state index in [4.69, 9.17) is 10.5 Å². The fraction of sp³-hybridized carbons (Fsp3) is 0.588. The fourth-order valence-electron chi connectivity index (χ4n) is 2.82. The number of anilines is 1. The Kier molecular flexibility index (Phi) is 12.0. The molecule has 1 amide bonds. The summed E-state index contributed by atoms with van der Waals surface area (Å²) in [6, 6.07) is 7.17. The predicted molar refractivity (Wildman–Crippen MR) is 105 cm³/mol. The molecular weight excluding hydrogens is 365 g/mol. The molecule has 1 aliphatic rings. The summed E-state index contributed by atoms with van der Waals surface area (Å²) in [5, 5.41) is 12.0. The molecule has 4 N–H and O–H groups in total. The average Bonchev–Trinajstić information content (AvgIpc) is 2.56. The first-order chi connectivity index (χ1) is 11.1. The summed E-state index contributed by atoms with van der Waals surface area (Å²) in [4.78, 5) is 14.3. The lowest BCUT2D eigenvalue weighted by Crippen LogP contribution is -2.39. The standard InChI is InChI=1S/C17H27N3O3.2ClH/c1-23-12-16(18)17(22)19-15-4-2-3-14(9-15)10-20-7-5-13(11-21)6-8-20;;/h2-4,9,13,16,21H,5-8,10-12,18H2,1H3,(H,19,22);2*1H. The van der Waals surface area contributed by atoms with Crippen LogP contribution in [0.1, 0.15) is 18.4 Å². The number of aliphatic hydroxyl groups is 1. The summed E-state index contributed by atoms with van der Waals surface area (Å²) in [5.74, 6) is 0.201. The third-order valence-electron chi connectivity index (χ3n) is 4.25. The minimum atomic E-state index is -0.666. The number of hydrogen-bond donors (Lipinski definition) is 3. The maximum Gasteiger partial charge on any atom is 0.243 e. The van der Waals surface area contributed by atoms with Crippen molar-refractivity contribution in [2.45, 2.75) is 25.4 Å². The number of ether oxygens (including phenoxy) is 1. The monoisotopic (exact) mass is 393 g/mol. The van der Waals surface area contributed by atoms with Crippen LogP contribution >= 0.6 is 24.8 Å². The van der Waals surface area contributed by atoms with Gasteiger partial charge in [0.2, 0.25) is 5.91 Å². The molecule has 1 aromatic rings. The van der Waals surface area contributed by atoms with Crippen LogP contribution in [0.2, 0.25) is 0 Å². The van der Waals surface area contributed by atoms with Gasteiger partial charge in [0.25, 0.3) is 0 Å². The predicted octanol–water partition coefficient (Wildman–Crippen LogP) is 1.65. The van der Waals surface area contributed by atoms with Crippen molar-refractivity contribution < 1.29 is 14.6 Å². The van der Waals surface area contributed by atoms with Gasteiger partial charge < -0.3 is 20.9 Å². The van der Waals surface area contributed by atoms with Crippen LogP contribution in [0, 0.1) is 5.92 Å². The van der Waals surface area contributed by atoms with Crippen LogP contribution in [0.3, 0.4) is 0 Å². The number of piperidine rings is 1. The summed E-state index contributed by atoms with van der Waals surface area (Å²) >= 11 is 0. The number of aliphatic hydroxyl groups excluding tert-OH is 1. The minimum absolute atomic E-state index is 0. The van der Waals surface area contributed by atoms with E-state index in [2.05, 4.69) is 16.3 Å². The van der Waals surface area contributed by atoms with Crippen molar-refractivity contribution in [2.24, 2.45) is 11.7 Å². The summed E-state index contributed by atoms with van der Waals surface area (Å²) in [6.07, 6.45) is 2.08. The first-order valence-corrected chi connectivity index (χ1v) is 8.10. The van der Waals surface area contributed by atoms with Gasteiger partial charge in [-0.05, 0) is 49.5 Å². The Labute approximate surface area is 161 Å². The highest BCUT2D eigenvalue weighted by atomic mass is 35.5. The zero-order chi connectivity index (χ0) is 16.7. The van der Waals surface area contributed by atoms with Crippen molar-refractivity contribution in [2.75, 3.05) is 38.7 Å². The lowest BCUT2D eigenvalue weighted by Gasteiger charge is -2.31. The number of nitrogens with one attached hydrogen (secondary N) is 1. The number of benzene rings is 1. The third-order valence-corrected chi connectivity index (χ3v) is 4.25. The molecule has 25 heavy (non-hydrogen) atoms. The molecule has 1 saturated heterocycles. The Bertz CT molecular complexity index is 512. The first kappa shape index (κ1) is 24.1. The van der Waals surface area contributed by atoms with Crippen molar-refractivity contribution in [1.29, 1.82) is 0 Å². The van der Waals surface area contributed by atoms with E-state index < -0.39 is 6.04 Å². The van der Waals surface area contributed by atoms with E-state index in [0.29, 0.717) is 5.92 Å². The molecule has 1 heterocycles. The molecule has 1 aromatic carbocycles. The summed E-state index contributed by atoms with van der Waals surface area (Å²) in [5.41, 5.74) is 7.64. The number of rotatable bonds is 7. The molecule has 1 aliphatic heterocycles. The van der Waals surface area contributed by atoms with Gasteiger partial charge in [0.15, 0.2) is 0 Å². The second kappa shape index (κ2) is 12.5. The number of nitrogens with zero attached hydrogens (tertiary/aromatic N) is 1. The van der Waals surface area contributed by atoms with Gasteiger partial charge in [-0.2, -0.15) is 0 Å². The van der Waals surface area contributed by atoms with Crippen LogP contribution in [0.15, 0.2) is 24.3 Å². The Morgan fingerprint density at radius 2 is 2.08 bits per heavy atom. The quantitative estimate of drug-likeness (QED) is 0.655. The Balaban J connectivity index is 0.00000288. The second-order valence-corrected chi connectivity index (χ2v) is 6.15. The normalized spacial score (nSPS) is 16.4. The lowest BCUT2D eigenvalue weighted by molar-refractivity contribution is -0.118. The van der Waals surface area contributed by atoms with Crippen LogP contribution < -0.4 is 11.1 Å². The van der Waals surface area contributed by atoms with Crippen molar-refractivity contribution in [3.8, 4) is 0 Å². The van der Waals surface area contributed by atoms with Gasteiger partial charge in [-0.3, -0.25) is 9.69 Å². The van der Waals surface area contributed by atoms with E-state index in [1.807, 2.05) is 18.2 Å². The van der Waals surface area contributed by atoms with E-state index in [1.54, 1.807) is 0 Å². The van der Waals surface area contributed by atoms with E-state index in [1.165, 1.54) is 7.11 Å². The van der Waals surface area contributed by atoms with E-state index in [9.17, 15) is 9.90 Å². The number of carbonyl (C=O) groups is 1. The largest absolute Gasteiger partial charge is 0.396 e. The minimum Gasteiger partial charge on any atom is -0.396 e. The summed E-state index contributed by atoms with van der Waals surface area (Å²) < 4.78 is 4.89. The van der Waals surface area contributed by atoms with Crippen LogP contribution in [-0.4, -0.2) is 55.4 Å². The molecule has 0 spiro atoms. The molecule has 0 saturated carbocycles. The highest BCUT2D eigenvalue weighted by Gasteiger charge is 2.18. The third kappa shape index (κ3) is 7.90. The van der Waals surface area contributed by atoms with E-state index in [-0.39, 0.29) is 43.9 Å². The smallest absolute Gasteiger partial charge is 0.243 e. The SMILES string of the molecule is COCC(N)C(=O)Nc1cccc(CN2CCC(CO)CC2)c1.Cl.Cl. The highest BCUT2D eigenvalue weighted by molar-refractivity contribution is 5.94. The van der Waals surface area contributed by atoms with Crippen LogP contribution in [-0.2, 0) is 16.1 Å². The number of likely N-dealkylation sites (tertiary alicyclic amines) is 1. The molecular formula is C17H29Cl2N3O3. The van der Waals surface area contributed by atoms with Gasteiger partial charge >= 0.3 is 0 Å². The molecule has 0 aromatic heterocycles. The molecule has 2 rings (SSSR count). The van der Waals surface area contributed by atoms with Crippen molar-refractivity contribution in [3.63, 3.8) is 0 Å². The highest BCUT2D eigenvalue weighted by Crippen LogP contribution is 2.19. The van der Waals surface area contributed by atoms with Gasteiger partial charge in [-0.1, -0.05) is 12.1 Å². The molecule has 0 aliphatic carbocycles. The number of methoxy groups -OCH3 is 1. The Morgan fingerprint density at radius 1 is 1.40 bits per heavy atom. The number of halogens is 2. The number of nitrogens with two attached hydrogens (primary N) is 1. The zero-order valence-corrected chi connectivity index (χ0v) is 16.2. The molecule has 0 radical (unpaired) electrons. The van der Waals surface area contributed by atoms with Gasteiger partial charge in [0.1, 0.15) is 6.04 Å². The van der Waals surface area contributed by atoms with E-state index in [0.717, 1.165) is 43.7 Å². The van der Waals surface area contributed by atoms with Crippen molar-refractivity contribution >= 4 is 36.4 Å². The number of amides is 1. The maximum absolute atomic E-state index is 11.9. The van der Waals surface area contributed by atoms with Crippen LogP contribution in [0.4, 0.5) is 5.69 Å². The molecule has 1 fully saturated rings. The molecule has 1 unspecified atom stereocenters. The van der Waals surface area contributed by atoms with Crippen LogP contribution in [0.5, 0.6) is 0 Å². The van der Waals surface area contributed by atoms with Crippen LogP contribution in [0.25, 0.3) is 0 Å². The zero-order valence-electron chi connectivity index (χ0n) is 14.5. The number of carbonyl (C=O) groups excluding carboxylic acids is 1. The molecule has 0 bridgehead atoms. The summed E-state index contributed by atoms with van der Waals surface area (Å²) in [7, 11) is 1.52. The Morgan fingerprint density at radius 3 is 2.68 bits per heavy atom. The fourth-order valence-corrected chi connectivity index (χ4v) is 2.82. The second-order valence-electron chi connectivity index (χ2n) is 6.15. The average molecular weight is 394 g/mol. The van der Waals surface area contributed by atoms with Gasteiger partial charge in [-0.15, -0.1) is 24.8 Å². The topological polar surface area (TPSA) is 87.8 Å². The van der Waals surface area contributed by atoms with Gasteiger partial charge in [-0.25, -0.2) is 0 Å². The summed E-state index contributed by atoms with van der Waals surface area (Å²) in [6.45, 7) is 3.34. The lowest BCUT2D eigenvalue weighted by atomic mass is 9.97. The molecule has 6 nitrogen and oxygen atoms in total. The van der Waals surface area contributed by atoms with Crippen molar-refractivity contribution in [1.82, 2.24) is 4.90 Å². The van der Waals surface area contributed by atoms with Crippen molar-refractivity contribution in [3.05, 3.63) is 29.8 Å². The molecule has 1 atom stereocenters. The maximum atomic E-state index is 11.9. The van der Waals surface area contributed by atoms with E-state index >= 15 is 0 Å². The first-order valence-electron chi connectivity index (χ1n) is 8.10. The number of hydrogen-bond acceptors (Lipinski definition) is 5.